The summed E-state index contributed by atoms with van der Waals surface area (Å²) in [4.78, 5) is 16.9. The fraction of sp³-hybridized carbons (Fsp3) is 0.391. The molecule has 275 valence electrons. The second-order valence-corrected chi connectivity index (χ2v) is 15.0. The summed E-state index contributed by atoms with van der Waals surface area (Å²) in [6.07, 6.45) is 5.98. The molecule has 0 saturated heterocycles. The predicted octanol–water partition coefficient (Wildman–Crippen LogP) is 9.62. The van der Waals surface area contributed by atoms with Gasteiger partial charge in [0.25, 0.3) is 0 Å². The van der Waals surface area contributed by atoms with E-state index in [1.807, 2.05) is 27.7 Å². The minimum Gasteiger partial charge on any atom is -0.512 e. The number of aliphatic hydroxyl groups is 1. The number of carbonyl (C=O) groups is 1. The summed E-state index contributed by atoms with van der Waals surface area (Å²) in [5, 5.41) is 9.76. The first-order chi connectivity index (χ1) is 24.4. The number of carbonyl (C=O) groups excluding carboxylic acids is 1. The summed E-state index contributed by atoms with van der Waals surface area (Å²) in [5.41, 5.74) is 15.1. The molecule has 0 spiro atoms. The van der Waals surface area contributed by atoms with Crippen molar-refractivity contribution in [1.82, 2.24) is 9.55 Å². The first-order valence-corrected chi connectivity index (χ1v) is 19.1. The first kappa shape index (κ1) is 41.0. The standard InChI is InChI=1S/C33H32BN2.C13H24O2.Ir/c1-20(2)15-25-13-14-30-28(19-25)34(31-23(5)9-7-10-24(31)6)27-11-8-12-29-32(27)36(30)33(35-29)26-17-21(3)16-22(4)18-26;1-5-10(6-2)12(14)9-13(15)11(7-3)8-4;/h7-14,16-17,19-20H,15H2,1-6H3;9-11,14H,5-8H2,1-4H3;/q-1;;/b;12-9-;. The molecule has 0 amide bonds. The molecule has 0 saturated carbocycles. The molecular weight excluding hydrogens is 816 g/mol. The molecule has 0 atom stereocenters. The fourth-order valence-corrected chi connectivity index (χ4v) is 7.99. The smallest absolute Gasteiger partial charge is 0.247 e. The van der Waals surface area contributed by atoms with E-state index in [9.17, 15) is 9.90 Å². The van der Waals surface area contributed by atoms with Crippen LogP contribution >= 0.6 is 0 Å². The third kappa shape index (κ3) is 8.56. The molecule has 1 aliphatic rings. The molecule has 0 aliphatic carbocycles. The number of hydrogen-bond acceptors (Lipinski definition) is 3. The minimum atomic E-state index is 0. The third-order valence-corrected chi connectivity index (χ3v) is 10.6. The molecule has 1 radical (unpaired) electrons. The second-order valence-electron chi connectivity index (χ2n) is 15.0. The van der Waals surface area contributed by atoms with Crippen LogP contribution in [-0.2, 0) is 31.3 Å². The van der Waals surface area contributed by atoms with Crippen LogP contribution in [0, 0.1) is 51.5 Å². The quantitative estimate of drug-likeness (QED) is 0.0611. The van der Waals surface area contributed by atoms with Crippen LogP contribution in [0.3, 0.4) is 0 Å². The molecule has 0 fully saturated rings. The van der Waals surface area contributed by atoms with E-state index >= 15 is 0 Å². The van der Waals surface area contributed by atoms with Crippen LogP contribution < -0.4 is 16.4 Å². The maximum atomic E-state index is 11.7. The monoisotopic (exact) mass is 872 g/mol. The zero-order chi connectivity index (χ0) is 37.0. The van der Waals surface area contributed by atoms with Gasteiger partial charge in [0, 0.05) is 43.7 Å². The molecular formula is C46H56BIrN2O2-. The Morgan fingerprint density at radius 1 is 0.846 bits per heavy atom. The average molecular weight is 872 g/mol. The zero-order valence-electron chi connectivity index (χ0n) is 32.9. The average Bonchev–Trinajstić information content (AvgIpc) is 3.47. The molecule has 52 heavy (non-hydrogen) atoms. The molecule has 5 aromatic rings. The van der Waals surface area contributed by atoms with Gasteiger partial charge in [0.2, 0.25) is 6.71 Å². The minimum absolute atomic E-state index is 0. The van der Waals surface area contributed by atoms with Gasteiger partial charge in [-0.05, 0) is 80.5 Å². The molecule has 2 heterocycles. The summed E-state index contributed by atoms with van der Waals surface area (Å²) in [6, 6.07) is 28.4. The normalized spacial score (nSPS) is 12.2. The fourth-order valence-electron chi connectivity index (χ4n) is 7.99. The van der Waals surface area contributed by atoms with Gasteiger partial charge in [0.1, 0.15) is 0 Å². The Labute approximate surface area is 326 Å². The number of hydrogen-bond donors (Lipinski definition) is 1. The third-order valence-electron chi connectivity index (χ3n) is 10.6. The molecule has 6 rings (SSSR count). The SMILES string of the molecule is CCC(CC)C(=O)/C=C(\O)C(CC)CC.Cc1[c-]c(-c2nc3cccc4c3n2-c2ccc(CC(C)C)cc2B4c2c(C)cccc2C)cc(C)c1.[Ir]. The van der Waals surface area contributed by atoms with Crippen molar-refractivity contribution in [2.75, 3.05) is 0 Å². The number of fused-ring (bicyclic) bond motifs is 2. The van der Waals surface area contributed by atoms with E-state index in [4.69, 9.17) is 4.98 Å². The topological polar surface area (TPSA) is 55.1 Å². The van der Waals surface area contributed by atoms with E-state index in [-0.39, 0.29) is 50.2 Å². The van der Waals surface area contributed by atoms with E-state index in [1.165, 1.54) is 55.9 Å². The Hall–Kier alpha value is -3.73. The van der Waals surface area contributed by atoms with Gasteiger partial charge in [0.05, 0.1) is 22.6 Å². The van der Waals surface area contributed by atoms with Crippen LogP contribution in [0.15, 0.2) is 78.6 Å². The van der Waals surface area contributed by atoms with E-state index < -0.39 is 0 Å². The number of rotatable bonds is 11. The van der Waals surface area contributed by atoms with Crippen molar-refractivity contribution in [3.63, 3.8) is 0 Å². The number of para-hydroxylation sites is 1. The van der Waals surface area contributed by atoms with Gasteiger partial charge >= 0.3 is 0 Å². The molecule has 1 aliphatic heterocycles. The van der Waals surface area contributed by atoms with Crippen molar-refractivity contribution >= 4 is 39.9 Å². The van der Waals surface area contributed by atoms with Gasteiger partial charge in [-0.1, -0.05) is 114 Å². The number of imidazole rings is 1. The number of allylic oxidation sites excluding steroid dienone is 2. The van der Waals surface area contributed by atoms with Gasteiger partial charge in [-0.15, -0.1) is 34.9 Å². The number of aliphatic hydroxyl groups excluding tert-OH is 1. The van der Waals surface area contributed by atoms with E-state index in [0.717, 1.165) is 54.6 Å². The van der Waals surface area contributed by atoms with Crippen molar-refractivity contribution in [2.24, 2.45) is 17.8 Å². The largest absolute Gasteiger partial charge is 0.512 e. The van der Waals surface area contributed by atoms with Crippen molar-refractivity contribution < 1.29 is 30.0 Å². The van der Waals surface area contributed by atoms with Gasteiger partial charge in [-0.3, -0.25) is 9.78 Å². The number of ketones is 1. The van der Waals surface area contributed by atoms with Crippen LogP contribution in [0.25, 0.3) is 28.1 Å². The van der Waals surface area contributed by atoms with Crippen LogP contribution in [0.5, 0.6) is 0 Å². The summed E-state index contributed by atoms with van der Waals surface area (Å²) < 4.78 is 2.40. The van der Waals surface area contributed by atoms with Crippen molar-refractivity contribution in [3.05, 3.63) is 112 Å². The predicted molar refractivity (Wildman–Crippen MR) is 218 cm³/mol. The summed E-state index contributed by atoms with van der Waals surface area (Å²) in [6.45, 7) is 21.6. The molecule has 4 nitrogen and oxygen atoms in total. The Balaban J connectivity index is 0.000000323. The first-order valence-electron chi connectivity index (χ1n) is 19.1. The van der Waals surface area contributed by atoms with Crippen LogP contribution in [0.2, 0.25) is 0 Å². The van der Waals surface area contributed by atoms with E-state index in [0.29, 0.717) is 5.92 Å². The van der Waals surface area contributed by atoms with Gasteiger partial charge in [-0.25, -0.2) is 0 Å². The summed E-state index contributed by atoms with van der Waals surface area (Å²) >= 11 is 0. The molecule has 4 aromatic carbocycles. The van der Waals surface area contributed by atoms with Crippen molar-refractivity contribution in [1.29, 1.82) is 0 Å². The maximum absolute atomic E-state index is 11.7. The van der Waals surface area contributed by atoms with Gasteiger partial charge in [-0.2, -0.15) is 0 Å². The molecule has 0 bridgehead atoms. The van der Waals surface area contributed by atoms with Crippen molar-refractivity contribution in [2.45, 2.75) is 101 Å². The zero-order valence-corrected chi connectivity index (χ0v) is 35.3. The van der Waals surface area contributed by atoms with Gasteiger partial charge in [0.15, 0.2) is 5.78 Å². The van der Waals surface area contributed by atoms with Crippen LogP contribution in [0.1, 0.15) is 95.0 Å². The summed E-state index contributed by atoms with van der Waals surface area (Å²) in [7, 11) is 0. The molecule has 0 unspecified atom stereocenters. The molecule has 1 N–H and O–H groups in total. The maximum Gasteiger partial charge on any atom is 0.247 e. The molecule has 1 aromatic heterocycles. The Morgan fingerprint density at radius 2 is 1.48 bits per heavy atom. The number of aryl methyl sites for hydroxylation is 4. The summed E-state index contributed by atoms with van der Waals surface area (Å²) in [5.74, 6) is 2.13. The number of nitrogens with zero attached hydrogens (tertiary/aromatic N) is 2. The number of aromatic nitrogens is 2. The van der Waals surface area contributed by atoms with Crippen molar-refractivity contribution in [3.8, 4) is 17.1 Å². The number of benzene rings is 4. The Kier molecular flexibility index (Phi) is 14.1. The Bertz CT molecular complexity index is 2010. The van der Waals surface area contributed by atoms with Crippen LogP contribution in [0.4, 0.5) is 0 Å². The molecule has 6 heteroatoms. The van der Waals surface area contributed by atoms with E-state index in [2.05, 4.69) is 119 Å². The Morgan fingerprint density at radius 3 is 2.08 bits per heavy atom. The van der Waals surface area contributed by atoms with E-state index in [1.54, 1.807) is 0 Å². The van der Waals surface area contributed by atoms with Gasteiger partial charge < -0.3 is 9.67 Å². The van der Waals surface area contributed by atoms with Crippen LogP contribution in [-0.4, -0.2) is 27.2 Å². The second kappa shape index (κ2) is 17.9.